The molecule has 1 aromatic carbocycles. The van der Waals surface area contributed by atoms with Crippen LogP contribution in [-0.4, -0.2) is 66.7 Å². The average molecular weight is 544 g/mol. The molecule has 2 fully saturated rings. The Hall–Kier alpha value is -3.27. The zero-order chi connectivity index (χ0) is 26.5. The predicted octanol–water partition coefficient (Wildman–Crippen LogP) is 4.92. The Balaban J connectivity index is 1.01. The number of nitrogens with zero attached hydrogens (tertiary/aromatic N) is 5. The summed E-state index contributed by atoms with van der Waals surface area (Å²) in [5.74, 6) is 2.00. The van der Waals surface area contributed by atoms with Crippen LogP contribution in [0.4, 0.5) is 0 Å². The third-order valence-electron chi connectivity index (χ3n) is 8.45. The van der Waals surface area contributed by atoms with Gasteiger partial charge in [-0.25, -0.2) is 9.97 Å². The molecule has 0 radical (unpaired) electrons. The molecule has 0 aliphatic carbocycles. The molecule has 0 atom stereocenters. The molecule has 5 heterocycles. The molecular formula is C30H37N7OS. The molecule has 6 rings (SSSR count). The van der Waals surface area contributed by atoms with Gasteiger partial charge in [-0.1, -0.05) is 18.2 Å². The smallest absolute Gasteiger partial charge is 0.253 e. The van der Waals surface area contributed by atoms with Crippen molar-refractivity contribution in [3.8, 4) is 0 Å². The number of aromatic amines is 2. The van der Waals surface area contributed by atoms with Crippen molar-refractivity contribution in [1.82, 2.24) is 34.6 Å². The zero-order valence-electron chi connectivity index (χ0n) is 22.4. The van der Waals surface area contributed by atoms with Crippen LogP contribution < -0.4 is 0 Å². The summed E-state index contributed by atoms with van der Waals surface area (Å²) < 4.78 is 0. The number of nitrogens with one attached hydrogen (secondary N) is 2. The second-order valence-electron chi connectivity index (χ2n) is 11.1. The molecule has 9 heteroatoms. The van der Waals surface area contributed by atoms with Crippen LogP contribution in [0, 0.1) is 5.41 Å². The van der Waals surface area contributed by atoms with Crippen LogP contribution in [0.3, 0.4) is 0 Å². The molecule has 204 valence electrons. The van der Waals surface area contributed by atoms with E-state index in [1.807, 2.05) is 35.9 Å². The van der Waals surface area contributed by atoms with E-state index in [9.17, 15) is 4.79 Å². The summed E-state index contributed by atoms with van der Waals surface area (Å²) in [6, 6.07) is 12.5. The van der Waals surface area contributed by atoms with Crippen LogP contribution in [0.25, 0.3) is 0 Å². The maximum atomic E-state index is 13.3. The first-order valence-corrected chi connectivity index (χ1v) is 14.8. The van der Waals surface area contributed by atoms with E-state index in [-0.39, 0.29) is 5.91 Å². The van der Waals surface area contributed by atoms with E-state index in [2.05, 4.69) is 64.3 Å². The SMILES string of the molecule is O=C(c1ccc(CN(Cc2ncc[nH]2)Cc2ncc[nH]2)cc1)N1CCC2(CCN(Cc3cccs3)CC2)CC1. The predicted molar refractivity (Wildman–Crippen MR) is 153 cm³/mol. The minimum absolute atomic E-state index is 0.162. The van der Waals surface area contributed by atoms with Gasteiger partial charge in [0.1, 0.15) is 11.6 Å². The van der Waals surface area contributed by atoms with Crippen molar-refractivity contribution in [1.29, 1.82) is 0 Å². The highest BCUT2D eigenvalue weighted by molar-refractivity contribution is 7.09. The number of aromatic nitrogens is 4. The number of likely N-dealkylation sites (tertiary alicyclic amines) is 2. The summed E-state index contributed by atoms with van der Waals surface area (Å²) in [6.07, 6.45) is 12.0. The van der Waals surface area contributed by atoms with Crippen LogP contribution in [-0.2, 0) is 26.2 Å². The quantitative estimate of drug-likeness (QED) is 0.313. The van der Waals surface area contributed by atoms with Crippen LogP contribution in [0.15, 0.2) is 66.6 Å². The molecule has 8 nitrogen and oxygen atoms in total. The highest BCUT2D eigenvalue weighted by atomic mass is 32.1. The van der Waals surface area contributed by atoms with E-state index >= 15 is 0 Å². The topological polar surface area (TPSA) is 84.1 Å². The van der Waals surface area contributed by atoms with Crippen LogP contribution in [0.5, 0.6) is 0 Å². The fraction of sp³-hybridized carbons (Fsp3) is 0.433. The van der Waals surface area contributed by atoms with E-state index in [1.54, 1.807) is 12.4 Å². The first-order valence-electron chi connectivity index (χ1n) is 14.0. The molecule has 2 saturated heterocycles. The number of rotatable bonds is 9. The number of carbonyl (C=O) groups is 1. The zero-order valence-corrected chi connectivity index (χ0v) is 23.2. The highest BCUT2D eigenvalue weighted by Gasteiger charge is 2.38. The summed E-state index contributed by atoms with van der Waals surface area (Å²) in [7, 11) is 0. The van der Waals surface area contributed by atoms with Gasteiger partial charge in [0.2, 0.25) is 0 Å². The van der Waals surface area contributed by atoms with Crippen LogP contribution >= 0.6 is 11.3 Å². The number of hydrogen-bond acceptors (Lipinski definition) is 6. The van der Waals surface area contributed by atoms with Gasteiger partial charge in [-0.2, -0.15) is 0 Å². The van der Waals surface area contributed by atoms with Gasteiger partial charge in [-0.15, -0.1) is 11.3 Å². The van der Waals surface area contributed by atoms with E-state index in [1.165, 1.54) is 30.8 Å². The maximum Gasteiger partial charge on any atom is 0.253 e. The minimum atomic E-state index is 0.162. The fourth-order valence-electron chi connectivity index (χ4n) is 6.05. The van der Waals surface area contributed by atoms with Crippen molar-refractivity contribution in [3.05, 3.63) is 94.2 Å². The normalized spacial score (nSPS) is 17.7. The van der Waals surface area contributed by atoms with Crippen LogP contribution in [0.1, 0.15) is 58.1 Å². The Kier molecular flexibility index (Phi) is 7.90. The number of carbonyl (C=O) groups excluding carboxylic acids is 1. The molecule has 0 saturated carbocycles. The summed E-state index contributed by atoms with van der Waals surface area (Å²) in [5.41, 5.74) is 2.36. The van der Waals surface area contributed by atoms with Gasteiger partial charge in [0.15, 0.2) is 0 Å². The second kappa shape index (κ2) is 11.9. The number of amides is 1. The second-order valence-corrected chi connectivity index (χ2v) is 12.1. The Morgan fingerprint density at radius 1 is 0.872 bits per heavy atom. The number of hydrogen-bond donors (Lipinski definition) is 2. The molecule has 3 aromatic heterocycles. The summed E-state index contributed by atoms with van der Waals surface area (Å²) >= 11 is 1.85. The summed E-state index contributed by atoms with van der Waals surface area (Å²) in [6.45, 7) is 7.28. The number of H-pyrrole nitrogens is 2. The van der Waals surface area contributed by atoms with E-state index in [4.69, 9.17) is 0 Å². The Morgan fingerprint density at radius 2 is 1.51 bits per heavy atom. The lowest BCUT2D eigenvalue weighted by molar-refractivity contribution is 0.0287. The first kappa shape index (κ1) is 26.0. The number of thiophene rings is 1. The Bertz CT molecular complexity index is 1250. The lowest BCUT2D eigenvalue weighted by Crippen LogP contribution is -2.48. The Morgan fingerprint density at radius 3 is 2.08 bits per heavy atom. The lowest BCUT2D eigenvalue weighted by Gasteiger charge is -2.47. The molecule has 2 N–H and O–H groups in total. The molecule has 1 amide bonds. The minimum Gasteiger partial charge on any atom is -0.348 e. The van der Waals surface area contributed by atoms with Gasteiger partial charge in [0.05, 0.1) is 13.1 Å². The maximum absolute atomic E-state index is 13.3. The highest BCUT2D eigenvalue weighted by Crippen LogP contribution is 2.41. The van der Waals surface area contributed by atoms with Crippen molar-refractivity contribution in [3.63, 3.8) is 0 Å². The van der Waals surface area contributed by atoms with Gasteiger partial charge < -0.3 is 14.9 Å². The first-order chi connectivity index (χ1) is 19.1. The van der Waals surface area contributed by atoms with Gasteiger partial charge in [-0.3, -0.25) is 14.6 Å². The van der Waals surface area contributed by atoms with Gasteiger partial charge in [0, 0.05) is 61.4 Å². The molecule has 4 aromatic rings. The number of piperidine rings is 2. The lowest BCUT2D eigenvalue weighted by atomic mass is 9.71. The molecule has 2 aliphatic heterocycles. The van der Waals surface area contributed by atoms with E-state index in [0.29, 0.717) is 18.5 Å². The molecule has 2 aliphatic rings. The largest absolute Gasteiger partial charge is 0.348 e. The van der Waals surface area contributed by atoms with Crippen LogP contribution in [0.2, 0.25) is 0 Å². The van der Waals surface area contributed by atoms with Gasteiger partial charge >= 0.3 is 0 Å². The van der Waals surface area contributed by atoms with Gasteiger partial charge in [-0.05, 0) is 73.3 Å². The summed E-state index contributed by atoms with van der Waals surface area (Å²) in [5, 5.41) is 2.17. The van der Waals surface area contributed by atoms with Crippen molar-refractivity contribution in [2.24, 2.45) is 5.41 Å². The molecule has 0 unspecified atom stereocenters. The van der Waals surface area contributed by atoms with E-state index < -0.39 is 0 Å². The number of imidazole rings is 2. The third-order valence-corrected chi connectivity index (χ3v) is 9.31. The third kappa shape index (κ3) is 6.49. The van der Waals surface area contributed by atoms with Crippen molar-refractivity contribution < 1.29 is 4.79 Å². The van der Waals surface area contributed by atoms with E-state index in [0.717, 1.165) is 61.8 Å². The fourth-order valence-corrected chi connectivity index (χ4v) is 6.79. The molecule has 1 spiro atoms. The number of benzene rings is 1. The van der Waals surface area contributed by atoms with Crippen molar-refractivity contribution in [2.45, 2.75) is 51.9 Å². The molecule has 39 heavy (non-hydrogen) atoms. The van der Waals surface area contributed by atoms with Crippen molar-refractivity contribution >= 4 is 17.2 Å². The Labute approximate surface area is 234 Å². The average Bonchev–Trinajstić information content (AvgIpc) is 3.76. The standard InChI is InChI=1S/C30H37N7OS/c38-29(37-17-9-30(10-18-37)7-15-35(16-8-30)21-26-2-1-19-39-26)25-5-3-24(4-6-25)20-36(22-27-31-11-12-32-27)23-28-33-13-14-34-28/h1-6,11-14,19H,7-10,15-18,20-23H2,(H,31,32)(H,33,34). The molecular weight excluding hydrogens is 506 g/mol. The van der Waals surface area contributed by atoms with Crippen molar-refractivity contribution in [2.75, 3.05) is 26.2 Å². The van der Waals surface area contributed by atoms with Gasteiger partial charge in [0.25, 0.3) is 5.91 Å². The molecule has 0 bridgehead atoms. The monoisotopic (exact) mass is 543 g/mol. The summed E-state index contributed by atoms with van der Waals surface area (Å²) in [4.78, 5) is 36.9.